The summed E-state index contributed by atoms with van der Waals surface area (Å²) in [5.74, 6) is 1.93. The van der Waals surface area contributed by atoms with E-state index in [9.17, 15) is 0 Å². The van der Waals surface area contributed by atoms with Crippen molar-refractivity contribution in [1.29, 1.82) is 0 Å². The summed E-state index contributed by atoms with van der Waals surface area (Å²) < 4.78 is 2.55. The van der Waals surface area contributed by atoms with E-state index in [1.54, 1.807) is 0 Å². The maximum atomic E-state index is 2.55. The van der Waals surface area contributed by atoms with E-state index in [1.807, 2.05) is 0 Å². The highest BCUT2D eigenvalue weighted by atomic mass is 15.0. The fourth-order valence-electron chi connectivity index (χ4n) is 2.65. The van der Waals surface area contributed by atoms with Crippen LogP contribution in [-0.4, -0.2) is 23.4 Å². The van der Waals surface area contributed by atoms with Crippen molar-refractivity contribution >= 4 is 6.21 Å². The summed E-state index contributed by atoms with van der Waals surface area (Å²) in [6.45, 7) is 5.93. The van der Waals surface area contributed by atoms with Gasteiger partial charge in [-0.1, -0.05) is 6.42 Å². The standard InChI is InChI=1S/C11H20N/c1-9(2)12-7-10-4-3-5-11(6-10)8-12/h7,9-11H,3-6,8H2,1-2H3/q+1/t10-,11-/m1/s1. The maximum absolute atomic E-state index is 2.55. The molecule has 1 heterocycles. The van der Waals surface area contributed by atoms with Crippen molar-refractivity contribution in [2.45, 2.75) is 45.6 Å². The number of rotatable bonds is 1. The van der Waals surface area contributed by atoms with Crippen LogP contribution in [0, 0.1) is 11.8 Å². The molecule has 1 aliphatic heterocycles. The van der Waals surface area contributed by atoms with Crippen LogP contribution in [0.25, 0.3) is 0 Å². The van der Waals surface area contributed by atoms with Crippen LogP contribution in [0.2, 0.25) is 0 Å². The lowest BCUT2D eigenvalue weighted by molar-refractivity contribution is -0.568. The van der Waals surface area contributed by atoms with E-state index in [2.05, 4.69) is 24.6 Å². The SMILES string of the molecule is CC(C)[N+]1=C[C@@H]2CCC[C@H](C2)C1. The minimum Gasteiger partial charge on any atom is -0.237 e. The summed E-state index contributed by atoms with van der Waals surface area (Å²) in [6.07, 6.45) is 8.37. The molecule has 0 N–H and O–H groups in total. The van der Waals surface area contributed by atoms with E-state index < -0.39 is 0 Å². The van der Waals surface area contributed by atoms with Gasteiger partial charge in [0.2, 0.25) is 0 Å². The molecular weight excluding hydrogens is 146 g/mol. The largest absolute Gasteiger partial charge is 0.237 e. The molecule has 0 unspecified atom stereocenters. The number of nitrogens with zero attached hydrogens (tertiary/aromatic N) is 1. The van der Waals surface area contributed by atoms with Crippen LogP contribution in [0.4, 0.5) is 0 Å². The second-order valence-electron chi connectivity index (χ2n) is 4.73. The van der Waals surface area contributed by atoms with E-state index in [4.69, 9.17) is 0 Å². The molecule has 1 aliphatic carbocycles. The Balaban J connectivity index is 2.11. The predicted molar refractivity (Wildman–Crippen MR) is 51.8 cm³/mol. The molecule has 1 heteroatoms. The Morgan fingerprint density at radius 3 is 2.83 bits per heavy atom. The highest BCUT2D eigenvalue weighted by molar-refractivity contribution is 5.56. The van der Waals surface area contributed by atoms with Crippen LogP contribution in [0.1, 0.15) is 39.5 Å². The first-order valence-electron chi connectivity index (χ1n) is 5.36. The van der Waals surface area contributed by atoms with Gasteiger partial charge in [0.15, 0.2) is 0 Å². The summed E-state index contributed by atoms with van der Waals surface area (Å²) in [6, 6.07) is 0.716. The van der Waals surface area contributed by atoms with Crippen molar-refractivity contribution in [2.75, 3.05) is 6.54 Å². The van der Waals surface area contributed by atoms with Crippen LogP contribution in [0.15, 0.2) is 0 Å². The van der Waals surface area contributed by atoms with Gasteiger partial charge >= 0.3 is 0 Å². The quantitative estimate of drug-likeness (QED) is 0.526. The summed E-state index contributed by atoms with van der Waals surface area (Å²) in [4.78, 5) is 0. The molecular formula is C11H20N+. The molecule has 68 valence electrons. The zero-order valence-electron chi connectivity index (χ0n) is 8.29. The van der Waals surface area contributed by atoms with Gasteiger partial charge in [0, 0.05) is 11.8 Å². The summed E-state index contributed by atoms with van der Waals surface area (Å²) in [5.41, 5.74) is 0. The van der Waals surface area contributed by atoms with E-state index in [0.29, 0.717) is 6.04 Å². The van der Waals surface area contributed by atoms with Gasteiger partial charge < -0.3 is 0 Å². The minimum absolute atomic E-state index is 0.716. The molecule has 0 aromatic heterocycles. The smallest absolute Gasteiger partial charge is 0.146 e. The van der Waals surface area contributed by atoms with Crippen molar-refractivity contribution in [3.63, 3.8) is 0 Å². The molecule has 1 nitrogen and oxygen atoms in total. The Morgan fingerprint density at radius 2 is 2.17 bits per heavy atom. The molecule has 0 aromatic rings. The van der Waals surface area contributed by atoms with Gasteiger partial charge in [-0.25, -0.2) is 4.58 Å². The lowest BCUT2D eigenvalue weighted by atomic mass is 9.79. The van der Waals surface area contributed by atoms with Gasteiger partial charge in [-0.05, 0) is 33.1 Å². The number of hydrogen-bond acceptors (Lipinski definition) is 0. The van der Waals surface area contributed by atoms with E-state index >= 15 is 0 Å². The molecule has 2 aliphatic rings. The third-order valence-corrected chi connectivity index (χ3v) is 3.36. The normalized spacial score (nSPS) is 35.1. The Kier molecular flexibility index (Phi) is 2.20. The zero-order valence-corrected chi connectivity index (χ0v) is 8.29. The monoisotopic (exact) mass is 166 g/mol. The van der Waals surface area contributed by atoms with Gasteiger partial charge in [-0.2, -0.15) is 0 Å². The van der Waals surface area contributed by atoms with Crippen LogP contribution in [0.3, 0.4) is 0 Å². The summed E-state index contributed by atoms with van der Waals surface area (Å²) >= 11 is 0. The molecule has 0 radical (unpaired) electrons. The Morgan fingerprint density at radius 1 is 1.33 bits per heavy atom. The zero-order chi connectivity index (χ0) is 8.55. The Bertz CT molecular complexity index is 193. The van der Waals surface area contributed by atoms with Crippen molar-refractivity contribution in [3.8, 4) is 0 Å². The van der Waals surface area contributed by atoms with Crippen LogP contribution in [-0.2, 0) is 0 Å². The maximum Gasteiger partial charge on any atom is 0.146 e. The van der Waals surface area contributed by atoms with Gasteiger partial charge in [-0.3, -0.25) is 0 Å². The first kappa shape index (κ1) is 8.28. The second kappa shape index (κ2) is 3.20. The van der Waals surface area contributed by atoms with Crippen LogP contribution < -0.4 is 0 Å². The molecule has 2 rings (SSSR count). The lowest BCUT2D eigenvalue weighted by Crippen LogP contribution is -2.37. The van der Waals surface area contributed by atoms with Crippen LogP contribution in [0.5, 0.6) is 0 Å². The fraction of sp³-hybridized carbons (Fsp3) is 0.909. The summed E-state index contributed by atoms with van der Waals surface area (Å²) in [5, 5.41) is 0. The third-order valence-electron chi connectivity index (χ3n) is 3.36. The number of hydrogen-bond donors (Lipinski definition) is 0. The predicted octanol–water partition coefficient (Wildman–Crippen LogP) is 2.30. The average molecular weight is 166 g/mol. The highest BCUT2D eigenvalue weighted by Crippen LogP contribution is 2.31. The molecule has 1 saturated carbocycles. The molecule has 0 spiro atoms. The van der Waals surface area contributed by atoms with Gasteiger partial charge in [0.05, 0.1) is 0 Å². The molecule has 2 bridgehead atoms. The van der Waals surface area contributed by atoms with E-state index in [0.717, 1.165) is 11.8 Å². The van der Waals surface area contributed by atoms with Crippen molar-refractivity contribution in [3.05, 3.63) is 0 Å². The van der Waals surface area contributed by atoms with Gasteiger partial charge in [-0.15, -0.1) is 0 Å². The molecule has 0 saturated heterocycles. The fourth-order valence-corrected chi connectivity index (χ4v) is 2.65. The van der Waals surface area contributed by atoms with Crippen LogP contribution >= 0.6 is 0 Å². The minimum atomic E-state index is 0.716. The molecule has 0 aromatic carbocycles. The summed E-state index contributed by atoms with van der Waals surface area (Å²) in [7, 11) is 0. The van der Waals surface area contributed by atoms with E-state index in [-0.39, 0.29) is 0 Å². The molecule has 0 amide bonds. The number of fused-ring (bicyclic) bond motifs is 2. The lowest BCUT2D eigenvalue weighted by Gasteiger charge is -2.30. The topological polar surface area (TPSA) is 3.01 Å². The molecule has 2 atom stereocenters. The first-order valence-corrected chi connectivity index (χ1v) is 5.36. The van der Waals surface area contributed by atoms with Crippen molar-refractivity contribution in [1.82, 2.24) is 0 Å². The Hall–Kier alpha value is -0.330. The second-order valence-corrected chi connectivity index (χ2v) is 4.73. The highest BCUT2D eigenvalue weighted by Gasteiger charge is 2.31. The molecule has 12 heavy (non-hydrogen) atoms. The third kappa shape index (κ3) is 1.55. The Labute approximate surface area is 75.5 Å². The van der Waals surface area contributed by atoms with Crippen molar-refractivity contribution < 1.29 is 4.58 Å². The molecule has 1 fully saturated rings. The van der Waals surface area contributed by atoms with Gasteiger partial charge in [0.25, 0.3) is 0 Å². The van der Waals surface area contributed by atoms with Gasteiger partial charge in [0.1, 0.15) is 18.8 Å². The average Bonchev–Trinajstić information content (AvgIpc) is 2.03. The van der Waals surface area contributed by atoms with Crippen molar-refractivity contribution in [2.24, 2.45) is 11.8 Å². The van der Waals surface area contributed by atoms with E-state index in [1.165, 1.54) is 32.2 Å². The first-order chi connectivity index (χ1) is 5.75.